The van der Waals surface area contributed by atoms with E-state index >= 15 is 0 Å². The zero-order valence-corrected chi connectivity index (χ0v) is 13.1. The number of nitrogens with zero attached hydrogens (tertiary/aromatic N) is 2. The summed E-state index contributed by atoms with van der Waals surface area (Å²) in [5, 5.41) is 11.7. The van der Waals surface area contributed by atoms with Crippen molar-refractivity contribution in [1.82, 2.24) is 4.90 Å². The third-order valence-corrected chi connectivity index (χ3v) is 4.16. The Kier molecular flexibility index (Phi) is 4.25. The lowest BCUT2D eigenvalue weighted by atomic mass is 9.84. The molecule has 2 fully saturated rings. The lowest BCUT2D eigenvalue weighted by Gasteiger charge is -2.28. The van der Waals surface area contributed by atoms with Crippen molar-refractivity contribution in [2.24, 2.45) is 11.1 Å². The molecule has 0 aliphatic carbocycles. The van der Waals surface area contributed by atoms with Gasteiger partial charge in [0, 0.05) is 24.4 Å². The summed E-state index contributed by atoms with van der Waals surface area (Å²) in [5.74, 6) is -0.112. The van der Waals surface area contributed by atoms with Crippen molar-refractivity contribution in [3.05, 3.63) is 0 Å². The number of amides is 1. The van der Waals surface area contributed by atoms with Crippen LogP contribution in [-0.2, 0) is 9.53 Å². The lowest BCUT2D eigenvalue weighted by molar-refractivity contribution is -0.122. The van der Waals surface area contributed by atoms with Gasteiger partial charge in [-0.1, -0.05) is 5.16 Å². The molecule has 6 nitrogen and oxygen atoms in total. The Bertz CT molecular complexity index is 467. The Morgan fingerprint density at radius 3 is 2.57 bits per heavy atom. The largest absolute Gasteiger partial charge is 0.444 e. The summed E-state index contributed by atoms with van der Waals surface area (Å²) in [6, 6.07) is 0.0361. The van der Waals surface area contributed by atoms with Gasteiger partial charge in [-0.15, -0.1) is 0 Å². The Morgan fingerprint density at radius 1 is 1.33 bits per heavy atom. The van der Waals surface area contributed by atoms with Gasteiger partial charge in [-0.05, 0) is 47.0 Å². The van der Waals surface area contributed by atoms with E-state index in [1.807, 2.05) is 20.8 Å². The lowest BCUT2D eigenvalue weighted by Crippen LogP contribution is -2.41. The fourth-order valence-corrected chi connectivity index (χ4v) is 3.35. The molecule has 6 heteroatoms. The monoisotopic (exact) mass is 296 g/mol. The minimum atomic E-state index is -0.529. The summed E-state index contributed by atoms with van der Waals surface area (Å²) < 4.78 is 5.44. The number of Topliss-reactive ketones (excluding diaryl/α,β-unsaturated/α-hetero) is 1. The molecule has 0 spiro atoms. The summed E-state index contributed by atoms with van der Waals surface area (Å²) in [4.78, 5) is 26.3. The second-order valence-corrected chi connectivity index (χ2v) is 7.01. The van der Waals surface area contributed by atoms with Crippen molar-refractivity contribution in [3.63, 3.8) is 0 Å². The van der Waals surface area contributed by atoms with Gasteiger partial charge in [0.2, 0.25) is 0 Å². The summed E-state index contributed by atoms with van der Waals surface area (Å²) in [6.07, 6.45) is 2.29. The highest BCUT2D eigenvalue weighted by Crippen LogP contribution is 2.43. The normalized spacial score (nSPS) is 28.9. The molecular weight excluding hydrogens is 272 g/mol. The number of ether oxygens (including phenoxy) is 1. The van der Waals surface area contributed by atoms with Gasteiger partial charge >= 0.3 is 6.09 Å². The van der Waals surface area contributed by atoms with Crippen LogP contribution in [0.15, 0.2) is 5.16 Å². The minimum absolute atomic E-state index is 0.0473. The van der Waals surface area contributed by atoms with Crippen LogP contribution in [0.3, 0.4) is 0 Å². The van der Waals surface area contributed by atoms with Gasteiger partial charge in [-0.3, -0.25) is 4.79 Å². The van der Waals surface area contributed by atoms with Crippen LogP contribution in [0.25, 0.3) is 0 Å². The van der Waals surface area contributed by atoms with Gasteiger partial charge in [0.1, 0.15) is 11.4 Å². The second-order valence-electron chi connectivity index (χ2n) is 7.01. The molecule has 2 heterocycles. The van der Waals surface area contributed by atoms with Crippen molar-refractivity contribution < 1.29 is 19.5 Å². The van der Waals surface area contributed by atoms with Crippen LogP contribution in [0, 0.1) is 5.92 Å². The standard InChI is InChI=1S/C15H24N2O4/c1-9(16-20)7-13(18)11-8-10-5-6-12(11)17(10)14(19)21-15(2,3)4/h10-12,20H,5-8H2,1-4H3/b16-9-/t10-,11-,12+/m0/s1. The van der Waals surface area contributed by atoms with Gasteiger partial charge < -0.3 is 14.8 Å². The van der Waals surface area contributed by atoms with Crippen molar-refractivity contribution in [1.29, 1.82) is 0 Å². The molecule has 2 bridgehead atoms. The van der Waals surface area contributed by atoms with Crippen molar-refractivity contribution in [3.8, 4) is 0 Å². The SMILES string of the molecule is C/C(CC(=O)[C@H]1C[C@@H]2CC[C@H]1N2C(=O)OC(C)(C)C)=N/O. The number of rotatable bonds is 3. The number of ketones is 1. The van der Waals surface area contributed by atoms with Gasteiger partial charge in [0.25, 0.3) is 0 Å². The zero-order chi connectivity index (χ0) is 15.8. The molecule has 21 heavy (non-hydrogen) atoms. The van der Waals surface area contributed by atoms with E-state index in [0.717, 1.165) is 12.8 Å². The molecule has 0 aromatic carbocycles. The summed E-state index contributed by atoms with van der Waals surface area (Å²) in [7, 11) is 0. The van der Waals surface area contributed by atoms with Crippen LogP contribution < -0.4 is 0 Å². The number of carbonyl (C=O) groups is 2. The number of hydrogen-bond acceptors (Lipinski definition) is 5. The molecule has 118 valence electrons. The van der Waals surface area contributed by atoms with Crippen molar-refractivity contribution >= 4 is 17.6 Å². The van der Waals surface area contributed by atoms with Crippen molar-refractivity contribution in [2.75, 3.05) is 0 Å². The average molecular weight is 296 g/mol. The second kappa shape index (κ2) is 5.66. The molecule has 2 saturated heterocycles. The Labute approximate surface area is 125 Å². The highest BCUT2D eigenvalue weighted by molar-refractivity contribution is 6.02. The topological polar surface area (TPSA) is 79.2 Å². The first kappa shape index (κ1) is 15.8. The van der Waals surface area contributed by atoms with E-state index in [4.69, 9.17) is 9.94 Å². The molecule has 2 aliphatic rings. The van der Waals surface area contributed by atoms with E-state index in [2.05, 4.69) is 5.16 Å². The van der Waals surface area contributed by atoms with E-state index < -0.39 is 5.60 Å². The Balaban J connectivity index is 2.05. The van der Waals surface area contributed by atoms with Crippen LogP contribution >= 0.6 is 0 Å². The van der Waals surface area contributed by atoms with E-state index in [1.165, 1.54) is 0 Å². The van der Waals surface area contributed by atoms with Crippen LogP contribution in [0.1, 0.15) is 53.4 Å². The van der Waals surface area contributed by atoms with Crippen LogP contribution in [0.5, 0.6) is 0 Å². The van der Waals surface area contributed by atoms with Gasteiger partial charge in [-0.25, -0.2) is 4.79 Å². The van der Waals surface area contributed by atoms with E-state index in [1.54, 1.807) is 11.8 Å². The first-order valence-electron chi connectivity index (χ1n) is 7.44. The molecule has 0 saturated carbocycles. The van der Waals surface area contributed by atoms with Crippen LogP contribution in [-0.4, -0.2) is 45.4 Å². The quantitative estimate of drug-likeness (QED) is 0.493. The van der Waals surface area contributed by atoms with Gasteiger partial charge in [0.05, 0.1) is 5.71 Å². The maximum absolute atomic E-state index is 12.3. The zero-order valence-electron chi connectivity index (χ0n) is 13.1. The number of hydrogen-bond donors (Lipinski definition) is 1. The molecular formula is C15H24N2O4. The summed E-state index contributed by atoms with van der Waals surface area (Å²) >= 11 is 0. The fraction of sp³-hybridized carbons (Fsp3) is 0.800. The van der Waals surface area contributed by atoms with E-state index in [-0.39, 0.29) is 36.3 Å². The summed E-state index contributed by atoms with van der Waals surface area (Å²) in [6.45, 7) is 7.14. The molecule has 2 aliphatic heterocycles. The van der Waals surface area contributed by atoms with Crippen LogP contribution in [0.2, 0.25) is 0 Å². The third-order valence-electron chi connectivity index (χ3n) is 4.16. The molecule has 1 amide bonds. The van der Waals surface area contributed by atoms with E-state index in [9.17, 15) is 9.59 Å². The first-order valence-corrected chi connectivity index (χ1v) is 7.44. The predicted molar refractivity (Wildman–Crippen MR) is 77.5 cm³/mol. The van der Waals surface area contributed by atoms with Crippen LogP contribution in [0.4, 0.5) is 4.79 Å². The maximum Gasteiger partial charge on any atom is 0.410 e. The Hall–Kier alpha value is -1.59. The average Bonchev–Trinajstić information content (AvgIpc) is 2.93. The fourth-order valence-electron chi connectivity index (χ4n) is 3.35. The molecule has 1 N–H and O–H groups in total. The third kappa shape index (κ3) is 3.36. The highest BCUT2D eigenvalue weighted by atomic mass is 16.6. The Morgan fingerprint density at radius 2 is 2.00 bits per heavy atom. The molecule has 0 radical (unpaired) electrons. The van der Waals surface area contributed by atoms with Gasteiger partial charge in [0.15, 0.2) is 0 Å². The molecule has 0 unspecified atom stereocenters. The summed E-state index contributed by atoms with van der Waals surface area (Å²) in [5.41, 5.74) is -0.120. The predicted octanol–water partition coefficient (Wildman–Crippen LogP) is 2.58. The van der Waals surface area contributed by atoms with E-state index in [0.29, 0.717) is 12.1 Å². The van der Waals surface area contributed by atoms with Gasteiger partial charge in [-0.2, -0.15) is 0 Å². The molecule has 0 aromatic heterocycles. The molecule has 3 atom stereocenters. The molecule has 2 rings (SSSR count). The molecule has 0 aromatic rings. The smallest absolute Gasteiger partial charge is 0.410 e. The number of oxime groups is 1. The maximum atomic E-state index is 12.3. The highest BCUT2D eigenvalue weighted by Gasteiger charge is 2.51. The first-order chi connectivity index (χ1) is 9.73. The number of fused-ring (bicyclic) bond motifs is 2. The minimum Gasteiger partial charge on any atom is -0.444 e. The van der Waals surface area contributed by atoms with Crippen molar-refractivity contribution in [2.45, 2.75) is 71.1 Å². The number of carbonyl (C=O) groups excluding carboxylic acids is 2.